The van der Waals surface area contributed by atoms with Gasteiger partial charge in [-0.25, -0.2) is 13.2 Å². The molecule has 3 fully saturated rings. The van der Waals surface area contributed by atoms with Gasteiger partial charge < -0.3 is 0 Å². The summed E-state index contributed by atoms with van der Waals surface area (Å²) in [6, 6.07) is 1.27. The Balaban J connectivity index is 1.11. The van der Waals surface area contributed by atoms with E-state index in [1.54, 1.807) is 0 Å². The molecule has 4 aliphatic rings. The third-order valence-corrected chi connectivity index (χ3v) is 10.7. The van der Waals surface area contributed by atoms with Crippen molar-refractivity contribution in [1.82, 2.24) is 0 Å². The molecule has 0 spiro atoms. The molecule has 0 N–H and O–H groups in total. The van der Waals surface area contributed by atoms with Gasteiger partial charge in [0.15, 0.2) is 17.5 Å². The average Bonchev–Trinajstić information content (AvgIpc) is 2.87. The highest BCUT2D eigenvalue weighted by atomic mass is 19.2. The van der Waals surface area contributed by atoms with Gasteiger partial charge in [-0.1, -0.05) is 45.4 Å². The predicted molar refractivity (Wildman–Crippen MR) is 133 cm³/mol. The number of benzene rings is 1. The Hall–Kier alpha value is -0.990. The first-order chi connectivity index (χ1) is 16.5. The maximum Gasteiger partial charge on any atom is 0.194 e. The van der Waals surface area contributed by atoms with Crippen molar-refractivity contribution in [3.05, 3.63) is 34.6 Å². The van der Waals surface area contributed by atoms with Crippen LogP contribution >= 0.6 is 0 Å². The van der Waals surface area contributed by atoms with Gasteiger partial charge in [-0.15, -0.1) is 0 Å². The summed E-state index contributed by atoms with van der Waals surface area (Å²) in [7, 11) is 0. The van der Waals surface area contributed by atoms with E-state index in [1.165, 1.54) is 96.0 Å². The second kappa shape index (κ2) is 11.0. The van der Waals surface area contributed by atoms with Gasteiger partial charge in [0.1, 0.15) is 0 Å². The first-order valence-corrected chi connectivity index (χ1v) is 14.7. The Labute approximate surface area is 205 Å². The van der Waals surface area contributed by atoms with Crippen molar-refractivity contribution < 1.29 is 13.2 Å². The molecule has 0 aliphatic heterocycles. The van der Waals surface area contributed by atoms with Crippen LogP contribution in [-0.4, -0.2) is 0 Å². The van der Waals surface area contributed by atoms with E-state index >= 15 is 0 Å². The van der Waals surface area contributed by atoms with Crippen LogP contribution in [0.25, 0.3) is 0 Å². The molecular weight excluding hydrogens is 429 g/mol. The molecule has 5 rings (SSSR count). The molecule has 1 aromatic carbocycles. The van der Waals surface area contributed by atoms with Gasteiger partial charge in [0, 0.05) is 0 Å². The summed E-state index contributed by atoms with van der Waals surface area (Å²) in [6.45, 7) is 2.30. The first kappa shape index (κ1) is 24.7. The minimum Gasteiger partial charge on any atom is -0.204 e. The summed E-state index contributed by atoms with van der Waals surface area (Å²) >= 11 is 0. The third-order valence-electron chi connectivity index (χ3n) is 10.7. The molecule has 1 aromatic rings. The van der Waals surface area contributed by atoms with E-state index in [0.29, 0.717) is 23.8 Å². The fraction of sp³-hybridized carbons (Fsp3) is 0.806. The highest BCUT2D eigenvalue weighted by Crippen LogP contribution is 2.51. The second-order valence-corrected chi connectivity index (χ2v) is 12.6. The Bertz CT molecular complexity index is 824. The normalized spacial score (nSPS) is 36.1. The zero-order valence-corrected chi connectivity index (χ0v) is 21.3. The number of hydrogen-bond donors (Lipinski definition) is 0. The van der Waals surface area contributed by atoms with Crippen molar-refractivity contribution in [3.8, 4) is 0 Å². The Morgan fingerprint density at radius 2 is 1.26 bits per heavy atom. The first-order valence-electron chi connectivity index (χ1n) is 14.7. The van der Waals surface area contributed by atoms with Crippen molar-refractivity contribution in [3.63, 3.8) is 0 Å². The van der Waals surface area contributed by atoms with E-state index in [-0.39, 0.29) is 0 Å². The van der Waals surface area contributed by atoms with Crippen molar-refractivity contribution in [2.45, 2.75) is 116 Å². The third kappa shape index (κ3) is 5.24. The number of hydrogen-bond acceptors (Lipinski definition) is 0. The SMILES string of the molecule is CCCCCC1CCC(C2CCC3CC(C4CCc5c(cc(F)c(F)c5F)C4)CCC3C2)CC1. The molecule has 0 bridgehead atoms. The minimum atomic E-state index is -1.29. The molecule has 5 atom stereocenters. The average molecular weight is 475 g/mol. The van der Waals surface area contributed by atoms with Crippen LogP contribution in [-0.2, 0) is 12.8 Å². The predicted octanol–water partition coefficient (Wildman–Crippen LogP) is 9.43. The number of unbranched alkanes of at least 4 members (excludes halogenated alkanes) is 2. The number of rotatable bonds is 6. The lowest BCUT2D eigenvalue weighted by Crippen LogP contribution is -2.37. The van der Waals surface area contributed by atoms with Gasteiger partial charge in [-0.3, -0.25) is 0 Å². The monoisotopic (exact) mass is 474 g/mol. The van der Waals surface area contributed by atoms with Crippen LogP contribution in [0, 0.1) is 58.9 Å². The molecule has 0 aromatic heterocycles. The maximum atomic E-state index is 14.2. The van der Waals surface area contributed by atoms with Crippen LogP contribution in [0.5, 0.6) is 0 Å². The number of halogens is 3. The summed E-state index contributed by atoms with van der Waals surface area (Å²) in [6.07, 6.45) is 22.1. The van der Waals surface area contributed by atoms with Crippen LogP contribution in [0.4, 0.5) is 13.2 Å². The Morgan fingerprint density at radius 3 is 1.91 bits per heavy atom. The fourth-order valence-electron chi connectivity index (χ4n) is 8.70. The molecule has 4 aliphatic carbocycles. The lowest BCUT2D eigenvalue weighted by atomic mass is 9.58. The lowest BCUT2D eigenvalue weighted by Gasteiger charge is -2.47. The topological polar surface area (TPSA) is 0 Å². The summed E-state index contributed by atoms with van der Waals surface area (Å²) in [5, 5.41) is 0. The zero-order chi connectivity index (χ0) is 23.7. The van der Waals surface area contributed by atoms with E-state index in [0.717, 1.165) is 48.0 Å². The molecule has 0 saturated heterocycles. The number of fused-ring (bicyclic) bond motifs is 2. The smallest absolute Gasteiger partial charge is 0.194 e. The molecule has 3 saturated carbocycles. The van der Waals surface area contributed by atoms with Gasteiger partial charge in [-0.2, -0.15) is 0 Å². The molecule has 34 heavy (non-hydrogen) atoms. The minimum absolute atomic E-state index is 0.435. The molecule has 0 nitrogen and oxygen atoms in total. The molecule has 5 unspecified atom stereocenters. The van der Waals surface area contributed by atoms with Crippen LogP contribution in [0.3, 0.4) is 0 Å². The Kier molecular flexibility index (Phi) is 7.96. The molecule has 190 valence electrons. The standard InChI is InChI=1S/C31H45F3/c1-2-3-4-5-20-6-8-21(9-7-20)22-10-11-24-17-25(13-12-23(24)16-22)26-14-15-28-27(18-26)19-29(32)31(34)30(28)33/h19-26H,2-18H2,1H3. The van der Waals surface area contributed by atoms with Crippen molar-refractivity contribution in [2.75, 3.05) is 0 Å². The highest BCUT2D eigenvalue weighted by molar-refractivity contribution is 5.33. The largest absolute Gasteiger partial charge is 0.204 e. The highest BCUT2D eigenvalue weighted by Gasteiger charge is 2.41. The van der Waals surface area contributed by atoms with Crippen molar-refractivity contribution in [1.29, 1.82) is 0 Å². The zero-order valence-electron chi connectivity index (χ0n) is 21.3. The van der Waals surface area contributed by atoms with Crippen LogP contribution < -0.4 is 0 Å². The summed E-state index contributed by atoms with van der Waals surface area (Å²) in [5.74, 6) is 2.69. The Morgan fingerprint density at radius 1 is 0.676 bits per heavy atom. The lowest BCUT2D eigenvalue weighted by molar-refractivity contribution is 0.0438. The van der Waals surface area contributed by atoms with Crippen LogP contribution in [0.15, 0.2) is 6.07 Å². The van der Waals surface area contributed by atoms with E-state index in [1.807, 2.05) is 0 Å². The second-order valence-electron chi connectivity index (χ2n) is 12.6. The van der Waals surface area contributed by atoms with E-state index < -0.39 is 17.5 Å². The molecule has 0 radical (unpaired) electrons. The summed E-state index contributed by atoms with van der Waals surface area (Å²) < 4.78 is 41.7. The molecular formula is C31H45F3. The quantitative estimate of drug-likeness (QED) is 0.284. The van der Waals surface area contributed by atoms with Crippen molar-refractivity contribution >= 4 is 0 Å². The van der Waals surface area contributed by atoms with Crippen LogP contribution in [0.2, 0.25) is 0 Å². The van der Waals surface area contributed by atoms with Crippen molar-refractivity contribution in [2.24, 2.45) is 41.4 Å². The van der Waals surface area contributed by atoms with Gasteiger partial charge in [0.05, 0.1) is 0 Å². The van der Waals surface area contributed by atoms with Gasteiger partial charge >= 0.3 is 0 Å². The van der Waals surface area contributed by atoms with Gasteiger partial charge in [0.25, 0.3) is 0 Å². The molecule has 3 heteroatoms. The van der Waals surface area contributed by atoms with Crippen LogP contribution in [0.1, 0.15) is 114 Å². The van der Waals surface area contributed by atoms with E-state index in [9.17, 15) is 13.2 Å². The summed E-state index contributed by atoms with van der Waals surface area (Å²) in [5.41, 5.74) is 1.16. The molecule has 0 heterocycles. The van der Waals surface area contributed by atoms with Gasteiger partial charge in [0.2, 0.25) is 0 Å². The maximum absolute atomic E-state index is 14.2. The fourth-order valence-corrected chi connectivity index (χ4v) is 8.70. The molecule has 0 amide bonds. The van der Waals surface area contributed by atoms with Gasteiger partial charge in [-0.05, 0) is 129 Å². The van der Waals surface area contributed by atoms with E-state index in [2.05, 4.69) is 6.92 Å². The summed E-state index contributed by atoms with van der Waals surface area (Å²) in [4.78, 5) is 0. The van der Waals surface area contributed by atoms with E-state index in [4.69, 9.17) is 0 Å².